The van der Waals surface area contributed by atoms with Crippen molar-refractivity contribution in [2.24, 2.45) is 9.98 Å². The van der Waals surface area contributed by atoms with Crippen molar-refractivity contribution >= 4 is 18.6 Å². The summed E-state index contributed by atoms with van der Waals surface area (Å²) in [7, 11) is 0. The number of nitrogens with zero attached hydrogens (tertiary/aromatic N) is 4. The molecule has 174 valence electrons. The highest BCUT2D eigenvalue weighted by Gasteiger charge is 2.29. The Morgan fingerprint density at radius 1 is 1.28 bits per heavy atom. The summed E-state index contributed by atoms with van der Waals surface area (Å²) < 4.78 is 5.52. The van der Waals surface area contributed by atoms with Crippen LogP contribution in [-0.4, -0.2) is 60.2 Å². The lowest BCUT2D eigenvalue weighted by Crippen LogP contribution is -2.49. The minimum Gasteiger partial charge on any atom is -0.444 e. The number of carbonyl (C=O) groups excluding carboxylic acids is 1. The van der Waals surface area contributed by atoms with Crippen LogP contribution in [0.25, 0.3) is 0 Å². The summed E-state index contributed by atoms with van der Waals surface area (Å²) in [5, 5.41) is 3.31. The van der Waals surface area contributed by atoms with Gasteiger partial charge in [-0.15, -0.1) is 0 Å². The summed E-state index contributed by atoms with van der Waals surface area (Å²) >= 11 is 0. The Morgan fingerprint density at radius 2 is 1.94 bits per heavy atom. The molecule has 7 heteroatoms. The Hall–Kier alpha value is -3.09. The van der Waals surface area contributed by atoms with Crippen LogP contribution < -0.4 is 5.32 Å². The Balaban J connectivity index is 2.26. The molecule has 0 spiro atoms. The first-order valence-electron chi connectivity index (χ1n) is 11.2. The fourth-order valence-electron chi connectivity index (χ4n) is 3.44. The molecule has 32 heavy (non-hydrogen) atoms. The molecule has 0 aromatic carbocycles. The number of piperazine rings is 1. The van der Waals surface area contributed by atoms with Crippen LogP contribution in [0, 0.1) is 0 Å². The maximum atomic E-state index is 12.4. The van der Waals surface area contributed by atoms with Crippen LogP contribution in [-0.2, 0) is 4.74 Å². The van der Waals surface area contributed by atoms with Gasteiger partial charge in [-0.3, -0.25) is 4.99 Å². The summed E-state index contributed by atoms with van der Waals surface area (Å²) in [6, 6.07) is 0. The van der Waals surface area contributed by atoms with E-state index < -0.39 is 5.60 Å². The van der Waals surface area contributed by atoms with Gasteiger partial charge in [0.1, 0.15) is 11.4 Å². The number of amidine groups is 1. The van der Waals surface area contributed by atoms with E-state index in [0.717, 1.165) is 47.9 Å². The zero-order chi connectivity index (χ0) is 23.7. The average Bonchev–Trinajstić information content (AvgIpc) is 3.16. The van der Waals surface area contributed by atoms with E-state index in [-0.39, 0.29) is 6.09 Å². The summed E-state index contributed by atoms with van der Waals surface area (Å²) in [6.45, 7) is 18.2. The van der Waals surface area contributed by atoms with Crippen molar-refractivity contribution in [1.29, 1.82) is 0 Å². The molecule has 0 aliphatic carbocycles. The standard InChI is InChI=1S/C25H37N5O2/c1-8-10-12-21(26-7)20-18-28-23(27-13-11-9-2)22(20)19(3)29-14-16-30(17-15-29)24(31)32-25(4,5)6/h8,10-13,18H,7,9,14-17H2,1-6H3,(H,27,28)/b10-8-,13-11+,21-12-,22-19+. The van der Waals surface area contributed by atoms with E-state index in [1.54, 1.807) is 4.90 Å². The molecule has 1 amide bonds. The van der Waals surface area contributed by atoms with Gasteiger partial charge >= 0.3 is 6.09 Å². The smallest absolute Gasteiger partial charge is 0.410 e. The molecule has 1 saturated heterocycles. The number of carbonyl (C=O) groups is 1. The normalized spacial score (nSPS) is 19.4. The van der Waals surface area contributed by atoms with Crippen molar-refractivity contribution in [3.8, 4) is 0 Å². The topological polar surface area (TPSA) is 69.5 Å². The van der Waals surface area contributed by atoms with Gasteiger partial charge in [-0.2, -0.15) is 0 Å². The summed E-state index contributed by atoms with van der Waals surface area (Å²) in [5.41, 5.74) is 3.29. The van der Waals surface area contributed by atoms with Crippen molar-refractivity contribution in [3.63, 3.8) is 0 Å². The molecule has 7 nitrogen and oxygen atoms in total. The molecular weight excluding hydrogens is 402 g/mol. The first-order valence-corrected chi connectivity index (χ1v) is 11.2. The molecule has 0 aromatic heterocycles. The monoisotopic (exact) mass is 439 g/mol. The van der Waals surface area contributed by atoms with Crippen LogP contribution in [0.5, 0.6) is 0 Å². The molecule has 2 rings (SSSR count). The molecule has 0 bridgehead atoms. The number of hydrogen-bond acceptors (Lipinski definition) is 6. The van der Waals surface area contributed by atoms with E-state index in [2.05, 4.69) is 46.8 Å². The highest BCUT2D eigenvalue weighted by Crippen LogP contribution is 2.30. The van der Waals surface area contributed by atoms with Crippen molar-refractivity contribution in [3.05, 3.63) is 59.2 Å². The van der Waals surface area contributed by atoms with Gasteiger partial charge in [-0.05, 0) is 60.0 Å². The molecule has 1 fully saturated rings. The predicted octanol–water partition coefficient (Wildman–Crippen LogP) is 4.78. The molecule has 1 N–H and O–H groups in total. The number of allylic oxidation sites excluding steroid dienone is 6. The minimum atomic E-state index is -0.494. The van der Waals surface area contributed by atoms with Crippen molar-refractivity contribution < 1.29 is 9.53 Å². The number of rotatable bonds is 6. The molecule has 0 saturated carbocycles. The highest BCUT2D eigenvalue weighted by molar-refractivity contribution is 6.07. The first kappa shape index (κ1) is 25.2. The van der Waals surface area contributed by atoms with Gasteiger partial charge in [-0.25, -0.2) is 9.79 Å². The van der Waals surface area contributed by atoms with Crippen molar-refractivity contribution in [2.45, 2.75) is 53.6 Å². The Morgan fingerprint density at radius 3 is 2.50 bits per heavy atom. The van der Waals surface area contributed by atoms with Crippen molar-refractivity contribution in [1.82, 2.24) is 15.1 Å². The second-order valence-corrected chi connectivity index (χ2v) is 8.63. The highest BCUT2D eigenvalue weighted by atomic mass is 16.6. The first-order chi connectivity index (χ1) is 15.2. The van der Waals surface area contributed by atoms with Gasteiger partial charge in [0, 0.05) is 49.2 Å². The summed E-state index contributed by atoms with van der Waals surface area (Å²) in [6.07, 6.45) is 12.3. The van der Waals surface area contributed by atoms with Crippen LogP contribution in [0.2, 0.25) is 0 Å². The number of amides is 1. The Kier molecular flexibility index (Phi) is 9.05. The second-order valence-electron chi connectivity index (χ2n) is 8.63. The maximum absolute atomic E-state index is 12.4. The molecule has 0 radical (unpaired) electrons. The van der Waals surface area contributed by atoms with Gasteiger partial charge in [0.05, 0.1) is 5.70 Å². The van der Waals surface area contributed by atoms with E-state index >= 15 is 0 Å². The minimum absolute atomic E-state index is 0.259. The maximum Gasteiger partial charge on any atom is 0.410 e. The SMILES string of the molecule is C=N/C(=C\C=C/C)C1=CN=C(N/C=C/CC)/C1=C(\C)N1CCN(C(=O)OC(C)(C)C)CC1. The fraction of sp³-hybridized carbons (Fsp3) is 0.480. The number of nitrogens with one attached hydrogen (secondary N) is 1. The van der Waals surface area contributed by atoms with E-state index in [1.807, 2.05) is 58.3 Å². The molecular formula is C25H37N5O2. The third kappa shape index (κ3) is 6.70. The number of ether oxygens (including phenoxy) is 1. The van der Waals surface area contributed by atoms with E-state index in [9.17, 15) is 4.79 Å². The third-order valence-electron chi connectivity index (χ3n) is 5.06. The van der Waals surface area contributed by atoms with Gasteiger partial charge < -0.3 is 19.9 Å². The van der Waals surface area contributed by atoms with Gasteiger partial charge in [0.25, 0.3) is 0 Å². The molecule has 0 aromatic rings. The Labute approximate surface area is 192 Å². The molecule has 2 aliphatic rings. The zero-order valence-corrected chi connectivity index (χ0v) is 20.3. The van der Waals surface area contributed by atoms with Gasteiger partial charge in [-0.1, -0.05) is 25.2 Å². The quantitative estimate of drug-likeness (QED) is 0.477. The lowest BCUT2D eigenvalue weighted by atomic mass is 10.0. The largest absolute Gasteiger partial charge is 0.444 e. The molecule has 2 heterocycles. The molecule has 2 aliphatic heterocycles. The zero-order valence-electron chi connectivity index (χ0n) is 20.3. The predicted molar refractivity (Wildman–Crippen MR) is 133 cm³/mol. The van der Waals surface area contributed by atoms with Crippen LogP contribution in [0.3, 0.4) is 0 Å². The van der Waals surface area contributed by atoms with E-state index in [4.69, 9.17) is 4.74 Å². The van der Waals surface area contributed by atoms with Crippen LogP contribution in [0.15, 0.2) is 69.2 Å². The summed E-state index contributed by atoms with van der Waals surface area (Å²) in [4.78, 5) is 25.3. The second kappa shape index (κ2) is 11.5. The van der Waals surface area contributed by atoms with E-state index in [0.29, 0.717) is 13.1 Å². The lowest BCUT2D eigenvalue weighted by molar-refractivity contribution is 0.0168. The van der Waals surface area contributed by atoms with Crippen LogP contribution >= 0.6 is 0 Å². The lowest BCUT2D eigenvalue weighted by Gasteiger charge is -2.38. The van der Waals surface area contributed by atoms with Gasteiger partial charge in [0.15, 0.2) is 0 Å². The van der Waals surface area contributed by atoms with Crippen LogP contribution in [0.4, 0.5) is 4.79 Å². The molecule has 0 atom stereocenters. The van der Waals surface area contributed by atoms with E-state index in [1.165, 1.54) is 0 Å². The van der Waals surface area contributed by atoms with Gasteiger partial charge in [0.2, 0.25) is 0 Å². The van der Waals surface area contributed by atoms with Crippen LogP contribution in [0.1, 0.15) is 48.0 Å². The number of aliphatic imine (C=N–C) groups is 2. The third-order valence-corrected chi connectivity index (χ3v) is 5.06. The average molecular weight is 440 g/mol. The Bertz CT molecular complexity index is 876. The van der Waals surface area contributed by atoms with Crippen molar-refractivity contribution in [2.75, 3.05) is 26.2 Å². The molecule has 0 unspecified atom stereocenters. The number of hydrogen-bond donors (Lipinski definition) is 1. The fourth-order valence-corrected chi connectivity index (χ4v) is 3.44. The summed E-state index contributed by atoms with van der Waals surface area (Å²) in [5.74, 6) is 0.784.